The molecule has 0 heterocycles. The maximum Gasteiger partial charge on any atom is 0.255 e. The smallest absolute Gasteiger partial charge is 0.255 e. The molecule has 2 rings (SSSR count). The Morgan fingerprint density at radius 1 is 1.14 bits per heavy atom. The Kier molecular flexibility index (Phi) is 5.59. The number of carbonyl (C=O) groups is 1. The van der Waals surface area contributed by atoms with Gasteiger partial charge in [0, 0.05) is 11.3 Å². The van der Waals surface area contributed by atoms with Gasteiger partial charge in [0.1, 0.15) is 5.75 Å². The van der Waals surface area contributed by atoms with Gasteiger partial charge in [0.25, 0.3) is 5.91 Å². The lowest BCUT2D eigenvalue weighted by atomic mass is 10.1. The van der Waals surface area contributed by atoms with E-state index in [9.17, 15) is 4.79 Å². The summed E-state index contributed by atoms with van der Waals surface area (Å²) in [6, 6.07) is 15.2. The van der Waals surface area contributed by atoms with Gasteiger partial charge in [-0.15, -0.1) is 0 Å². The zero-order chi connectivity index (χ0) is 15.9. The van der Waals surface area contributed by atoms with Crippen LogP contribution < -0.4 is 10.1 Å². The Labute approximate surface area is 132 Å². The summed E-state index contributed by atoms with van der Waals surface area (Å²) in [5.74, 6) is 1.05. The third-order valence-electron chi connectivity index (χ3n) is 3.30. The molecule has 0 saturated heterocycles. The molecule has 0 spiro atoms. The molecule has 0 aromatic heterocycles. The molecule has 2 aromatic rings. The first-order chi connectivity index (χ1) is 10.6. The molecule has 0 bridgehead atoms. The van der Waals surface area contributed by atoms with Gasteiger partial charge in [-0.25, -0.2) is 0 Å². The van der Waals surface area contributed by atoms with E-state index in [1.807, 2.05) is 36.4 Å². The van der Waals surface area contributed by atoms with Crippen LogP contribution in [0.1, 0.15) is 36.7 Å². The van der Waals surface area contributed by atoms with Gasteiger partial charge >= 0.3 is 0 Å². The predicted molar refractivity (Wildman–Crippen MR) is 90.5 cm³/mol. The Morgan fingerprint density at radius 2 is 1.86 bits per heavy atom. The van der Waals surface area contributed by atoms with Crippen molar-refractivity contribution in [1.29, 1.82) is 0 Å². The minimum Gasteiger partial charge on any atom is -0.493 e. The predicted octanol–water partition coefficient (Wildman–Crippen LogP) is 4.54. The minimum absolute atomic E-state index is 0.126. The maximum absolute atomic E-state index is 12.3. The highest BCUT2D eigenvalue weighted by Gasteiger charge is 2.07. The first-order valence-corrected chi connectivity index (χ1v) is 7.71. The molecule has 116 valence electrons. The summed E-state index contributed by atoms with van der Waals surface area (Å²) < 4.78 is 5.66. The van der Waals surface area contributed by atoms with Crippen LogP contribution in [0.4, 0.5) is 5.69 Å². The van der Waals surface area contributed by atoms with Gasteiger partial charge in [-0.3, -0.25) is 4.79 Å². The second kappa shape index (κ2) is 7.64. The fourth-order valence-electron chi connectivity index (χ4n) is 2.02. The summed E-state index contributed by atoms with van der Waals surface area (Å²) in [5, 5.41) is 2.91. The number of amides is 1. The molecule has 1 N–H and O–H groups in total. The number of carbonyl (C=O) groups excluding carboxylic acids is 1. The number of aryl methyl sites for hydroxylation is 1. The molecule has 0 saturated carbocycles. The van der Waals surface area contributed by atoms with E-state index in [0.717, 1.165) is 17.9 Å². The number of hydrogen-bond acceptors (Lipinski definition) is 2. The molecule has 2 aromatic carbocycles. The zero-order valence-electron chi connectivity index (χ0n) is 13.4. The van der Waals surface area contributed by atoms with E-state index in [-0.39, 0.29) is 5.91 Å². The molecule has 0 atom stereocenters. The Balaban J connectivity index is 2.03. The summed E-state index contributed by atoms with van der Waals surface area (Å²) in [7, 11) is 0. The van der Waals surface area contributed by atoms with Gasteiger partial charge in [0.2, 0.25) is 0 Å². The van der Waals surface area contributed by atoms with E-state index >= 15 is 0 Å². The van der Waals surface area contributed by atoms with Crippen molar-refractivity contribution in [3.05, 3.63) is 59.7 Å². The van der Waals surface area contributed by atoms with Crippen LogP contribution in [0.15, 0.2) is 48.5 Å². The summed E-state index contributed by atoms with van der Waals surface area (Å²) in [4.78, 5) is 12.3. The van der Waals surface area contributed by atoms with Gasteiger partial charge < -0.3 is 10.1 Å². The number of anilines is 1. The summed E-state index contributed by atoms with van der Waals surface area (Å²) >= 11 is 0. The topological polar surface area (TPSA) is 38.3 Å². The van der Waals surface area contributed by atoms with Crippen LogP contribution in [-0.4, -0.2) is 12.5 Å². The Hall–Kier alpha value is -2.29. The normalized spacial score (nSPS) is 10.5. The molecule has 0 fully saturated rings. The van der Waals surface area contributed by atoms with Crippen molar-refractivity contribution in [1.82, 2.24) is 0 Å². The van der Waals surface area contributed by atoms with Gasteiger partial charge in [-0.1, -0.05) is 39.0 Å². The second-order valence-corrected chi connectivity index (χ2v) is 5.74. The number of rotatable bonds is 6. The summed E-state index contributed by atoms with van der Waals surface area (Å²) in [6.07, 6.45) is 0.990. The lowest BCUT2D eigenvalue weighted by Gasteiger charge is -2.10. The lowest BCUT2D eigenvalue weighted by Crippen LogP contribution is -2.12. The standard InChI is InChI=1S/C19H23NO2/c1-4-15-8-10-17(11-9-15)20-19(21)16-6-5-7-18(12-16)22-13-14(2)3/h5-12,14H,4,13H2,1-3H3,(H,20,21). The Bertz CT molecular complexity index is 618. The van der Waals surface area contributed by atoms with Crippen molar-refractivity contribution in [3.8, 4) is 5.75 Å². The monoisotopic (exact) mass is 297 g/mol. The van der Waals surface area contributed by atoms with Crippen molar-refractivity contribution in [3.63, 3.8) is 0 Å². The number of ether oxygens (including phenoxy) is 1. The molecule has 22 heavy (non-hydrogen) atoms. The Morgan fingerprint density at radius 3 is 2.50 bits per heavy atom. The van der Waals surface area contributed by atoms with Crippen LogP contribution >= 0.6 is 0 Å². The van der Waals surface area contributed by atoms with Crippen LogP contribution in [0.25, 0.3) is 0 Å². The number of benzene rings is 2. The van der Waals surface area contributed by atoms with Crippen molar-refractivity contribution in [2.24, 2.45) is 5.92 Å². The molecule has 1 amide bonds. The van der Waals surface area contributed by atoms with Crippen molar-refractivity contribution in [2.45, 2.75) is 27.2 Å². The molecule has 0 aliphatic rings. The van der Waals surface area contributed by atoms with E-state index in [0.29, 0.717) is 18.1 Å². The second-order valence-electron chi connectivity index (χ2n) is 5.74. The molecule has 0 unspecified atom stereocenters. The van der Waals surface area contributed by atoms with Crippen LogP contribution in [0.3, 0.4) is 0 Å². The minimum atomic E-state index is -0.126. The van der Waals surface area contributed by atoms with Gasteiger partial charge in [0.15, 0.2) is 0 Å². The molecule has 0 radical (unpaired) electrons. The van der Waals surface area contributed by atoms with Gasteiger partial charge in [0.05, 0.1) is 6.61 Å². The third-order valence-corrected chi connectivity index (χ3v) is 3.30. The van der Waals surface area contributed by atoms with E-state index < -0.39 is 0 Å². The molecule has 0 aliphatic carbocycles. The first-order valence-electron chi connectivity index (χ1n) is 7.71. The quantitative estimate of drug-likeness (QED) is 0.850. The van der Waals surface area contributed by atoms with E-state index in [1.54, 1.807) is 12.1 Å². The fraction of sp³-hybridized carbons (Fsp3) is 0.316. The third kappa shape index (κ3) is 4.62. The fourth-order valence-corrected chi connectivity index (χ4v) is 2.02. The number of hydrogen-bond donors (Lipinski definition) is 1. The average molecular weight is 297 g/mol. The lowest BCUT2D eigenvalue weighted by molar-refractivity contribution is 0.102. The molecule has 3 nitrogen and oxygen atoms in total. The summed E-state index contributed by atoms with van der Waals surface area (Å²) in [6.45, 7) is 6.94. The van der Waals surface area contributed by atoms with Gasteiger partial charge in [-0.05, 0) is 48.2 Å². The molecular formula is C19H23NO2. The summed E-state index contributed by atoms with van der Waals surface area (Å²) in [5.41, 5.74) is 2.65. The van der Waals surface area contributed by atoms with Crippen LogP contribution in [0.5, 0.6) is 5.75 Å². The van der Waals surface area contributed by atoms with E-state index in [1.165, 1.54) is 5.56 Å². The SMILES string of the molecule is CCc1ccc(NC(=O)c2cccc(OCC(C)C)c2)cc1. The van der Waals surface area contributed by atoms with E-state index in [2.05, 4.69) is 26.1 Å². The van der Waals surface area contributed by atoms with Crippen molar-refractivity contribution >= 4 is 11.6 Å². The van der Waals surface area contributed by atoms with Crippen molar-refractivity contribution < 1.29 is 9.53 Å². The highest BCUT2D eigenvalue weighted by molar-refractivity contribution is 6.04. The first kappa shape index (κ1) is 16.1. The molecule has 3 heteroatoms. The average Bonchev–Trinajstić information content (AvgIpc) is 2.54. The molecular weight excluding hydrogens is 274 g/mol. The number of nitrogens with one attached hydrogen (secondary N) is 1. The van der Waals surface area contributed by atoms with Crippen molar-refractivity contribution in [2.75, 3.05) is 11.9 Å². The van der Waals surface area contributed by atoms with Crippen LogP contribution in [0.2, 0.25) is 0 Å². The van der Waals surface area contributed by atoms with Crippen LogP contribution in [-0.2, 0) is 6.42 Å². The van der Waals surface area contributed by atoms with E-state index in [4.69, 9.17) is 4.74 Å². The van der Waals surface area contributed by atoms with Gasteiger partial charge in [-0.2, -0.15) is 0 Å². The highest BCUT2D eigenvalue weighted by Crippen LogP contribution is 2.16. The highest BCUT2D eigenvalue weighted by atomic mass is 16.5. The largest absolute Gasteiger partial charge is 0.493 e. The zero-order valence-corrected chi connectivity index (χ0v) is 13.4. The van der Waals surface area contributed by atoms with Crippen LogP contribution in [0, 0.1) is 5.92 Å². The molecule has 0 aliphatic heterocycles. The maximum atomic E-state index is 12.3.